The first-order valence-corrected chi connectivity index (χ1v) is 10.8. The van der Waals surface area contributed by atoms with Crippen LogP contribution in [0.15, 0.2) is 48.5 Å². The molecule has 8 nitrogen and oxygen atoms in total. The Hall–Kier alpha value is -3.39. The van der Waals surface area contributed by atoms with E-state index < -0.39 is 0 Å². The van der Waals surface area contributed by atoms with E-state index in [0.717, 1.165) is 28.2 Å². The highest BCUT2D eigenvalue weighted by Crippen LogP contribution is 2.32. The van der Waals surface area contributed by atoms with Crippen LogP contribution in [0.1, 0.15) is 24.4 Å². The first kappa shape index (κ1) is 21.8. The summed E-state index contributed by atoms with van der Waals surface area (Å²) in [5, 5.41) is 2.99. The summed E-state index contributed by atoms with van der Waals surface area (Å²) in [6.07, 6.45) is 0. The standard InChI is InChI=1S/C24H29N5O3/c1-17(30)29-13-12-28(15-21(29)18-8-4-7-11-22(18)32-3)16-24(31)25-14-23-26-19-9-5-6-10-20(19)27(23)2/h4-11,21H,12-16H2,1-3H3,(H,25,31)/t21-/m1/s1. The van der Waals surface area contributed by atoms with Gasteiger partial charge in [0.1, 0.15) is 11.6 Å². The van der Waals surface area contributed by atoms with E-state index in [1.807, 2.05) is 65.0 Å². The van der Waals surface area contributed by atoms with Gasteiger partial charge in [-0.2, -0.15) is 0 Å². The lowest BCUT2D eigenvalue weighted by molar-refractivity contribution is -0.134. The molecule has 2 aromatic carbocycles. The highest BCUT2D eigenvalue weighted by atomic mass is 16.5. The second kappa shape index (κ2) is 9.40. The monoisotopic (exact) mass is 435 g/mol. The van der Waals surface area contributed by atoms with E-state index in [0.29, 0.717) is 26.2 Å². The van der Waals surface area contributed by atoms with Crippen molar-refractivity contribution < 1.29 is 14.3 Å². The van der Waals surface area contributed by atoms with Crippen LogP contribution in [0.2, 0.25) is 0 Å². The molecule has 1 saturated heterocycles. The summed E-state index contributed by atoms with van der Waals surface area (Å²) in [5.41, 5.74) is 2.91. The fourth-order valence-corrected chi connectivity index (χ4v) is 4.36. The summed E-state index contributed by atoms with van der Waals surface area (Å²) in [6, 6.07) is 15.5. The first-order valence-electron chi connectivity index (χ1n) is 10.8. The summed E-state index contributed by atoms with van der Waals surface area (Å²) >= 11 is 0. The van der Waals surface area contributed by atoms with E-state index in [1.165, 1.54) is 0 Å². The molecule has 0 unspecified atom stereocenters. The number of carbonyl (C=O) groups is 2. The fourth-order valence-electron chi connectivity index (χ4n) is 4.36. The van der Waals surface area contributed by atoms with Crippen LogP contribution >= 0.6 is 0 Å². The topological polar surface area (TPSA) is 79.7 Å². The Balaban J connectivity index is 1.41. The fraction of sp³-hybridized carbons (Fsp3) is 0.375. The summed E-state index contributed by atoms with van der Waals surface area (Å²) in [5.74, 6) is 1.52. The molecule has 2 amide bonds. The van der Waals surface area contributed by atoms with Gasteiger partial charge in [0.05, 0.1) is 37.3 Å². The molecule has 1 atom stereocenters. The SMILES string of the molecule is COc1ccccc1[C@H]1CN(CC(=O)NCc2nc3ccccc3n2C)CCN1C(C)=O. The second-order valence-electron chi connectivity index (χ2n) is 8.06. The van der Waals surface area contributed by atoms with Crippen molar-refractivity contribution in [3.8, 4) is 5.75 Å². The zero-order valence-corrected chi connectivity index (χ0v) is 18.7. The van der Waals surface area contributed by atoms with Crippen LogP contribution in [0.3, 0.4) is 0 Å². The Morgan fingerprint density at radius 1 is 1.12 bits per heavy atom. The molecular formula is C24H29N5O3. The van der Waals surface area contributed by atoms with Gasteiger partial charge in [-0.1, -0.05) is 30.3 Å². The molecule has 0 bridgehead atoms. The zero-order chi connectivity index (χ0) is 22.7. The normalized spacial score (nSPS) is 16.8. The minimum atomic E-state index is -0.162. The van der Waals surface area contributed by atoms with Crippen molar-refractivity contribution in [3.05, 3.63) is 59.9 Å². The van der Waals surface area contributed by atoms with Gasteiger partial charge in [-0.15, -0.1) is 0 Å². The lowest BCUT2D eigenvalue weighted by Gasteiger charge is -2.41. The van der Waals surface area contributed by atoms with Gasteiger partial charge in [-0.05, 0) is 18.2 Å². The maximum atomic E-state index is 12.7. The smallest absolute Gasteiger partial charge is 0.234 e. The number of aromatic nitrogens is 2. The predicted molar refractivity (Wildman–Crippen MR) is 122 cm³/mol. The van der Waals surface area contributed by atoms with E-state index in [-0.39, 0.29) is 24.4 Å². The van der Waals surface area contributed by atoms with Crippen LogP contribution in [0.5, 0.6) is 5.75 Å². The Labute approximate surface area is 187 Å². The van der Waals surface area contributed by atoms with Gasteiger partial charge in [0.2, 0.25) is 11.8 Å². The van der Waals surface area contributed by atoms with Crippen LogP contribution in [0.4, 0.5) is 0 Å². The number of nitrogens with zero attached hydrogens (tertiary/aromatic N) is 4. The van der Waals surface area contributed by atoms with E-state index >= 15 is 0 Å². The summed E-state index contributed by atoms with van der Waals surface area (Å²) in [6.45, 7) is 4.00. The lowest BCUT2D eigenvalue weighted by atomic mass is 10.0. The zero-order valence-electron chi connectivity index (χ0n) is 18.7. The highest BCUT2D eigenvalue weighted by molar-refractivity contribution is 5.79. The minimum absolute atomic E-state index is 0.0202. The number of benzene rings is 2. The summed E-state index contributed by atoms with van der Waals surface area (Å²) in [7, 11) is 3.58. The molecule has 0 radical (unpaired) electrons. The Morgan fingerprint density at radius 3 is 2.62 bits per heavy atom. The molecule has 1 aliphatic rings. The van der Waals surface area contributed by atoms with E-state index in [2.05, 4.69) is 15.2 Å². The van der Waals surface area contributed by atoms with Gasteiger partial charge < -0.3 is 19.5 Å². The molecule has 1 N–H and O–H groups in total. The first-order chi connectivity index (χ1) is 15.5. The largest absolute Gasteiger partial charge is 0.496 e. The van der Waals surface area contributed by atoms with E-state index in [9.17, 15) is 9.59 Å². The van der Waals surface area contributed by atoms with Gasteiger partial charge in [-0.3, -0.25) is 14.5 Å². The number of imidazole rings is 1. The minimum Gasteiger partial charge on any atom is -0.496 e. The van der Waals surface area contributed by atoms with Crippen LogP contribution in [-0.4, -0.2) is 64.5 Å². The highest BCUT2D eigenvalue weighted by Gasteiger charge is 2.32. The molecule has 1 aromatic heterocycles. The molecule has 2 heterocycles. The van der Waals surface area contributed by atoms with Gasteiger partial charge in [0.15, 0.2) is 0 Å². The van der Waals surface area contributed by atoms with Crippen molar-refractivity contribution in [1.82, 2.24) is 24.7 Å². The quantitative estimate of drug-likeness (QED) is 0.642. The molecule has 0 aliphatic carbocycles. The third-order valence-corrected chi connectivity index (χ3v) is 6.06. The number of hydrogen-bond acceptors (Lipinski definition) is 5. The molecule has 0 spiro atoms. The predicted octanol–water partition coefficient (Wildman–Crippen LogP) is 2.10. The molecule has 0 saturated carbocycles. The van der Waals surface area contributed by atoms with Gasteiger partial charge in [0, 0.05) is 39.2 Å². The van der Waals surface area contributed by atoms with Crippen LogP contribution in [0.25, 0.3) is 11.0 Å². The average molecular weight is 436 g/mol. The number of ether oxygens (including phenoxy) is 1. The Kier molecular flexibility index (Phi) is 6.41. The van der Waals surface area contributed by atoms with Crippen LogP contribution in [0, 0.1) is 0 Å². The number of carbonyl (C=O) groups excluding carboxylic acids is 2. The van der Waals surface area contributed by atoms with Crippen LogP contribution < -0.4 is 10.1 Å². The number of amides is 2. The number of hydrogen-bond donors (Lipinski definition) is 1. The third-order valence-electron chi connectivity index (χ3n) is 6.06. The molecule has 8 heteroatoms. The number of fused-ring (bicyclic) bond motifs is 1. The summed E-state index contributed by atoms with van der Waals surface area (Å²) in [4.78, 5) is 33.5. The van der Waals surface area contributed by atoms with Crippen molar-refractivity contribution in [3.63, 3.8) is 0 Å². The van der Waals surface area contributed by atoms with Crippen molar-refractivity contribution in [1.29, 1.82) is 0 Å². The van der Waals surface area contributed by atoms with Crippen LogP contribution in [-0.2, 0) is 23.2 Å². The van der Waals surface area contributed by atoms with Crippen molar-refractivity contribution >= 4 is 22.8 Å². The molecule has 1 aliphatic heterocycles. The molecule has 32 heavy (non-hydrogen) atoms. The number of methoxy groups -OCH3 is 1. The Morgan fingerprint density at radius 2 is 1.88 bits per heavy atom. The van der Waals surface area contributed by atoms with Gasteiger partial charge in [-0.25, -0.2) is 4.98 Å². The number of rotatable bonds is 6. The number of nitrogens with one attached hydrogen (secondary N) is 1. The molecular weight excluding hydrogens is 406 g/mol. The van der Waals surface area contributed by atoms with Crippen molar-refractivity contribution in [2.24, 2.45) is 7.05 Å². The second-order valence-corrected chi connectivity index (χ2v) is 8.06. The maximum absolute atomic E-state index is 12.7. The number of piperazine rings is 1. The number of para-hydroxylation sites is 3. The molecule has 1 fully saturated rings. The lowest BCUT2D eigenvalue weighted by Crippen LogP contribution is -2.52. The average Bonchev–Trinajstić information content (AvgIpc) is 3.13. The van der Waals surface area contributed by atoms with Crippen molar-refractivity contribution in [2.45, 2.75) is 19.5 Å². The molecule has 168 valence electrons. The Bertz CT molecular complexity index is 1130. The van der Waals surface area contributed by atoms with E-state index in [4.69, 9.17) is 4.74 Å². The van der Waals surface area contributed by atoms with Gasteiger partial charge in [0.25, 0.3) is 0 Å². The third kappa shape index (κ3) is 4.45. The number of aryl methyl sites for hydroxylation is 1. The van der Waals surface area contributed by atoms with E-state index in [1.54, 1.807) is 14.0 Å². The maximum Gasteiger partial charge on any atom is 0.234 e. The van der Waals surface area contributed by atoms with Gasteiger partial charge >= 0.3 is 0 Å². The van der Waals surface area contributed by atoms with Crippen molar-refractivity contribution in [2.75, 3.05) is 33.3 Å². The summed E-state index contributed by atoms with van der Waals surface area (Å²) < 4.78 is 7.52. The molecule has 4 rings (SSSR count). The molecule has 3 aromatic rings.